The molecule has 2 heteroatoms. The highest BCUT2D eigenvalue weighted by molar-refractivity contribution is 8.15. The second kappa shape index (κ2) is 5.32. The van der Waals surface area contributed by atoms with Gasteiger partial charge in [-0.1, -0.05) is 42.6 Å². The maximum absolute atomic E-state index is 4.35. The van der Waals surface area contributed by atoms with E-state index in [9.17, 15) is 0 Å². The average molecular weight is 222 g/mol. The molecule has 0 aromatic heterocycles. The van der Waals surface area contributed by atoms with E-state index in [1.54, 1.807) is 11.8 Å². The Morgan fingerprint density at radius 3 is 2.79 bits per heavy atom. The largest absolute Gasteiger partial charge is 0.137 e. The predicted molar refractivity (Wildman–Crippen MR) is 69.9 cm³/mol. The molecule has 0 saturated carbocycles. The van der Waals surface area contributed by atoms with Gasteiger partial charge >= 0.3 is 0 Å². The Labute approximate surface area is 95.5 Å². The van der Waals surface area contributed by atoms with Crippen LogP contribution in [0.25, 0.3) is 6.08 Å². The van der Waals surface area contributed by atoms with Gasteiger partial charge < -0.3 is 0 Å². The van der Waals surface area contributed by atoms with Crippen LogP contribution in [0, 0.1) is 6.92 Å². The molecule has 0 spiro atoms. The lowest BCUT2D eigenvalue weighted by molar-refractivity contribution is 1.30. The van der Waals surface area contributed by atoms with Gasteiger partial charge in [0.25, 0.3) is 0 Å². The van der Waals surface area contributed by atoms with Crippen LogP contribution in [-0.2, 0) is 0 Å². The molecule has 0 radical (unpaired) electrons. The third kappa shape index (κ3) is 2.96. The molecule has 0 saturated heterocycles. The molecule has 14 heavy (non-hydrogen) atoms. The van der Waals surface area contributed by atoms with Gasteiger partial charge in [-0.2, -0.15) is 0 Å². The van der Waals surface area contributed by atoms with E-state index in [1.807, 2.05) is 19.1 Å². The molecule has 74 valence electrons. The van der Waals surface area contributed by atoms with E-state index < -0.39 is 0 Å². The van der Waals surface area contributed by atoms with Crippen LogP contribution in [0.3, 0.4) is 0 Å². The number of allylic oxidation sites excluding steroid dienone is 1. The average Bonchev–Trinajstić information content (AvgIpc) is 2.21. The van der Waals surface area contributed by atoms with Crippen LogP contribution in [0.1, 0.15) is 18.1 Å². The van der Waals surface area contributed by atoms with Crippen molar-refractivity contribution in [2.75, 3.05) is 0 Å². The van der Waals surface area contributed by atoms with E-state index in [0.717, 1.165) is 9.80 Å². The van der Waals surface area contributed by atoms with Gasteiger partial charge in [0.2, 0.25) is 0 Å². The van der Waals surface area contributed by atoms with Crippen LogP contribution in [0.4, 0.5) is 0 Å². The molecule has 0 aliphatic heterocycles. The molecule has 0 fully saturated rings. The number of thiol groups is 1. The SMILES string of the molecule is C=Cc1ccc(C)c(S/C(S)=C/C)c1. The van der Waals surface area contributed by atoms with E-state index in [0.29, 0.717) is 0 Å². The molecule has 0 unspecified atom stereocenters. The minimum Gasteiger partial charge on any atom is -0.137 e. The van der Waals surface area contributed by atoms with Crippen LogP contribution >= 0.6 is 24.4 Å². The first kappa shape index (κ1) is 11.5. The summed E-state index contributed by atoms with van der Waals surface area (Å²) in [4.78, 5) is 1.24. The molecule has 0 atom stereocenters. The normalized spacial score (nSPS) is 11.5. The van der Waals surface area contributed by atoms with Crippen molar-refractivity contribution in [1.82, 2.24) is 0 Å². The molecule has 1 aromatic carbocycles. The van der Waals surface area contributed by atoms with Crippen molar-refractivity contribution < 1.29 is 0 Å². The summed E-state index contributed by atoms with van der Waals surface area (Å²) in [5, 5.41) is 0. The maximum atomic E-state index is 4.35. The Bertz CT molecular complexity index is 365. The fraction of sp³-hybridized carbons (Fsp3) is 0.167. The van der Waals surface area contributed by atoms with Crippen molar-refractivity contribution in [3.8, 4) is 0 Å². The van der Waals surface area contributed by atoms with Gasteiger partial charge in [-0.05, 0) is 31.0 Å². The summed E-state index contributed by atoms with van der Waals surface area (Å²) in [6, 6.07) is 6.31. The summed E-state index contributed by atoms with van der Waals surface area (Å²) >= 11 is 6.03. The Balaban J connectivity index is 3.00. The Morgan fingerprint density at radius 2 is 2.21 bits per heavy atom. The van der Waals surface area contributed by atoms with Gasteiger partial charge in [-0.3, -0.25) is 0 Å². The number of rotatable bonds is 3. The maximum Gasteiger partial charge on any atom is 0.0376 e. The van der Waals surface area contributed by atoms with E-state index in [4.69, 9.17) is 0 Å². The molecule has 0 heterocycles. The minimum absolute atomic E-state index is 1.02. The van der Waals surface area contributed by atoms with Crippen LogP contribution in [-0.4, -0.2) is 0 Å². The number of benzene rings is 1. The zero-order valence-electron chi connectivity index (χ0n) is 8.45. The van der Waals surface area contributed by atoms with Gasteiger partial charge in [-0.25, -0.2) is 0 Å². The van der Waals surface area contributed by atoms with E-state index in [1.165, 1.54) is 10.5 Å². The molecular weight excluding hydrogens is 208 g/mol. The monoisotopic (exact) mass is 222 g/mol. The molecule has 1 rings (SSSR count). The number of hydrogen-bond donors (Lipinski definition) is 1. The van der Waals surface area contributed by atoms with Crippen LogP contribution < -0.4 is 0 Å². The second-order valence-corrected chi connectivity index (χ2v) is 4.83. The number of thioether (sulfide) groups is 1. The fourth-order valence-corrected chi connectivity index (χ4v) is 2.09. The van der Waals surface area contributed by atoms with Gasteiger partial charge in [0.05, 0.1) is 0 Å². The summed E-state index contributed by atoms with van der Waals surface area (Å²) in [5.74, 6) is 0. The standard InChI is InChI=1S/C12H14S2/c1-4-10-7-6-9(3)11(8-10)14-12(13)5-2/h4-8,13H,1H2,2-3H3/b12-5+. The molecule has 0 nitrogen and oxygen atoms in total. The Kier molecular flexibility index (Phi) is 4.36. The molecule has 0 N–H and O–H groups in total. The molecule has 0 amide bonds. The van der Waals surface area contributed by atoms with E-state index >= 15 is 0 Å². The molecule has 0 aliphatic carbocycles. The number of aryl methyl sites for hydroxylation is 1. The molecule has 0 aliphatic rings. The van der Waals surface area contributed by atoms with Crippen molar-refractivity contribution in [1.29, 1.82) is 0 Å². The summed E-state index contributed by atoms with van der Waals surface area (Å²) in [6.07, 6.45) is 3.85. The first-order valence-electron chi connectivity index (χ1n) is 4.43. The van der Waals surface area contributed by atoms with Crippen molar-refractivity contribution in [3.05, 3.63) is 46.2 Å². The topological polar surface area (TPSA) is 0 Å². The number of hydrogen-bond acceptors (Lipinski definition) is 2. The van der Waals surface area contributed by atoms with Crippen molar-refractivity contribution in [2.24, 2.45) is 0 Å². The van der Waals surface area contributed by atoms with Crippen molar-refractivity contribution >= 4 is 30.5 Å². The highest BCUT2D eigenvalue weighted by Crippen LogP contribution is 2.32. The van der Waals surface area contributed by atoms with Gasteiger partial charge in [0, 0.05) is 9.13 Å². The highest BCUT2D eigenvalue weighted by Gasteiger charge is 2.00. The summed E-state index contributed by atoms with van der Waals surface area (Å²) in [5.41, 5.74) is 2.42. The quantitative estimate of drug-likeness (QED) is 0.579. The Hall–Kier alpha value is -0.600. The summed E-state index contributed by atoms with van der Waals surface area (Å²) < 4.78 is 1.02. The fourth-order valence-electron chi connectivity index (χ4n) is 1.03. The zero-order chi connectivity index (χ0) is 10.6. The summed E-state index contributed by atoms with van der Waals surface area (Å²) in [6.45, 7) is 7.85. The lowest BCUT2D eigenvalue weighted by Crippen LogP contribution is -1.80. The van der Waals surface area contributed by atoms with Crippen LogP contribution in [0.15, 0.2) is 40.0 Å². The third-order valence-electron chi connectivity index (χ3n) is 1.91. The second-order valence-electron chi connectivity index (χ2n) is 2.96. The molecular formula is C12H14S2. The first-order chi connectivity index (χ1) is 6.67. The predicted octanol–water partition coefficient (Wildman–Crippen LogP) is 4.52. The first-order valence-corrected chi connectivity index (χ1v) is 5.70. The minimum atomic E-state index is 1.02. The lowest BCUT2D eigenvalue weighted by Gasteiger charge is -2.05. The van der Waals surface area contributed by atoms with Gasteiger partial charge in [0.15, 0.2) is 0 Å². The van der Waals surface area contributed by atoms with E-state index in [2.05, 4.69) is 44.3 Å². The highest BCUT2D eigenvalue weighted by atomic mass is 32.2. The molecule has 1 aromatic rings. The van der Waals surface area contributed by atoms with Crippen molar-refractivity contribution in [2.45, 2.75) is 18.7 Å². The summed E-state index contributed by atoms with van der Waals surface area (Å²) in [7, 11) is 0. The van der Waals surface area contributed by atoms with Crippen molar-refractivity contribution in [3.63, 3.8) is 0 Å². The lowest BCUT2D eigenvalue weighted by atomic mass is 10.1. The Morgan fingerprint density at radius 1 is 1.50 bits per heavy atom. The van der Waals surface area contributed by atoms with Crippen LogP contribution in [0.2, 0.25) is 0 Å². The van der Waals surface area contributed by atoms with Gasteiger partial charge in [-0.15, -0.1) is 12.6 Å². The smallest absolute Gasteiger partial charge is 0.0376 e. The van der Waals surface area contributed by atoms with Crippen LogP contribution in [0.5, 0.6) is 0 Å². The van der Waals surface area contributed by atoms with Gasteiger partial charge in [0.1, 0.15) is 0 Å². The third-order valence-corrected chi connectivity index (χ3v) is 3.55. The zero-order valence-corrected chi connectivity index (χ0v) is 10.2. The van der Waals surface area contributed by atoms with E-state index in [-0.39, 0.29) is 0 Å². The molecule has 0 bridgehead atoms.